The number of benzene rings is 1. The normalized spacial score (nSPS) is 12.4. The van der Waals surface area contributed by atoms with Crippen LogP contribution in [-0.4, -0.2) is 12.1 Å². The van der Waals surface area contributed by atoms with Crippen LogP contribution >= 0.6 is 22.7 Å². The first-order chi connectivity index (χ1) is 9.19. The number of hydrogen-bond acceptors (Lipinski definition) is 5. The lowest BCUT2D eigenvalue weighted by atomic mass is 10.2. The average Bonchev–Trinajstić information content (AvgIpc) is 2.95. The molecule has 2 heterocycles. The van der Waals surface area contributed by atoms with Crippen molar-refractivity contribution in [2.45, 2.75) is 13.0 Å². The SMILES string of the molecule is C[C@@H](C#N)OC(=O)c1cc2sc3ccccc3c2s1. The number of carbonyl (C=O) groups excluding carboxylic acids is 1. The van der Waals surface area contributed by atoms with E-state index >= 15 is 0 Å². The van der Waals surface area contributed by atoms with Gasteiger partial charge < -0.3 is 4.74 Å². The molecule has 0 fully saturated rings. The van der Waals surface area contributed by atoms with Crippen molar-refractivity contribution in [3.63, 3.8) is 0 Å². The fraction of sp³-hybridized carbons (Fsp3) is 0.143. The molecule has 0 spiro atoms. The minimum absolute atomic E-state index is 0.425. The van der Waals surface area contributed by atoms with E-state index in [1.54, 1.807) is 18.3 Å². The predicted octanol–water partition coefficient (Wildman–Crippen LogP) is 4.18. The van der Waals surface area contributed by atoms with Gasteiger partial charge >= 0.3 is 5.97 Å². The molecule has 0 aliphatic rings. The van der Waals surface area contributed by atoms with Gasteiger partial charge in [-0.05, 0) is 19.1 Å². The second-order valence-corrected chi connectivity index (χ2v) is 6.21. The molecule has 1 aromatic carbocycles. The minimum atomic E-state index is -0.718. The predicted molar refractivity (Wildman–Crippen MR) is 77.7 cm³/mol. The summed E-state index contributed by atoms with van der Waals surface area (Å²) in [4.78, 5) is 12.4. The Hall–Kier alpha value is -1.90. The van der Waals surface area contributed by atoms with Crippen LogP contribution in [0.5, 0.6) is 0 Å². The highest BCUT2D eigenvalue weighted by molar-refractivity contribution is 7.33. The van der Waals surface area contributed by atoms with Gasteiger partial charge in [0.2, 0.25) is 0 Å². The molecule has 5 heteroatoms. The maximum Gasteiger partial charge on any atom is 0.349 e. The summed E-state index contributed by atoms with van der Waals surface area (Å²) in [7, 11) is 0. The largest absolute Gasteiger partial charge is 0.443 e. The van der Waals surface area contributed by atoms with E-state index in [2.05, 4.69) is 12.1 Å². The van der Waals surface area contributed by atoms with Crippen LogP contribution in [0.25, 0.3) is 19.5 Å². The van der Waals surface area contributed by atoms with Crippen molar-refractivity contribution in [3.8, 4) is 6.07 Å². The second kappa shape index (κ2) is 4.65. The highest BCUT2D eigenvalue weighted by atomic mass is 32.1. The molecular formula is C14H9NO2S2. The molecule has 0 saturated carbocycles. The minimum Gasteiger partial charge on any atom is -0.443 e. The summed E-state index contributed by atoms with van der Waals surface area (Å²) in [5.74, 6) is -0.425. The van der Waals surface area contributed by atoms with Crippen molar-refractivity contribution in [3.05, 3.63) is 35.2 Å². The molecule has 19 heavy (non-hydrogen) atoms. The maximum atomic E-state index is 11.9. The third-order valence-electron chi connectivity index (χ3n) is 2.72. The van der Waals surface area contributed by atoms with Gasteiger partial charge in [0.25, 0.3) is 0 Å². The molecule has 2 aromatic heterocycles. The maximum absolute atomic E-state index is 11.9. The Labute approximate surface area is 117 Å². The smallest absolute Gasteiger partial charge is 0.349 e. The van der Waals surface area contributed by atoms with Crippen LogP contribution in [0.4, 0.5) is 0 Å². The van der Waals surface area contributed by atoms with Gasteiger partial charge in [0.1, 0.15) is 10.9 Å². The van der Waals surface area contributed by atoms with Crippen LogP contribution < -0.4 is 0 Å². The van der Waals surface area contributed by atoms with Crippen molar-refractivity contribution >= 4 is 48.1 Å². The van der Waals surface area contributed by atoms with Crippen LogP contribution in [-0.2, 0) is 4.74 Å². The molecule has 3 nitrogen and oxygen atoms in total. The Morgan fingerprint density at radius 1 is 1.32 bits per heavy atom. The lowest BCUT2D eigenvalue weighted by molar-refractivity contribution is 0.0441. The summed E-state index contributed by atoms with van der Waals surface area (Å²) in [5, 5.41) is 9.82. The molecule has 0 radical (unpaired) electrons. The Bertz CT molecular complexity index is 810. The van der Waals surface area contributed by atoms with Crippen molar-refractivity contribution < 1.29 is 9.53 Å². The first-order valence-corrected chi connectivity index (χ1v) is 7.34. The summed E-state index contributed by atoms with van der Waals surface area (Å²) >= 11 is 3.08. The Morgan fingerprint density at radius 3 is 2.89 bits per heavy atom. The standard InChI is InChI=1S/C14H9NO2S2/c1-8(7-15)17-14(16)12-6-11-13(19-12)9-4-2-3-5-10(9)18-11/h2-6,8H,1H3/t8-/m0/s1. The van der Waals surface area contributed by atoms with Gasteiger partial charge in [0.05, 0.1) is 4.70 Å². The quantitative estimate of drug-likeness (QED) is 0.664. The summed E-state index contributed by atoms with van der Waals surface area (Å²) in [6.07, 6.45) is -0.718. The van der Waals surface area contributed by atoms with Crippen LogP contribution in [0.3, 0.4) is 0 Å². The third kappa shape index (κ3) is 2.09. The van der Waals surface area contributed by atoms with Crippen LogP contribution in [0.15, 0.2) is 30.3 Å². The van der Waals surface area contributed by atoms with E-state index < -0.39 is 12.1 Å². The van der Waals surface area contributed by atoms with Gasteiger partial charge in [-0.15, -0.1) is 22.7 Å². The van der Waals surface area contributed by atoms with Crippen molar-refractivity contribution in [1.82, 2.24) is 0 Å². The number of ether oxygens (including phenoxy) is 1. The van der Waals surface area contributed by atoms with Crippen LogP contribution in [0, 0.1) is 11.3 Å². The average molecular weight is 287 g/mol. The molecule has 0 aliphatic carbocycles. The third-order valence-corrected chi connectivity index (χ3v) is 5.11. The van der Waals surface area contributed by atoms with E-state index in [1.165, 1.54) is 21.4 Å². The van der Waals surface area contributed by atoms with Crippen LogP contribution in [0.2, 0.25) is 0 Å². The van der Waals surface area contributed by atoms with E-state index in [0.717, 1.165) is 9.40 Å². The summed E-state index contributed by atoms with van der Waals surface area (Å²) in [5.41, 5.74) is 0. The number of hydrogen-bond donors (Lipinski definition) is 0. The van der Waals surface area contributed by atoms with Crippen LogP contribution in [0.1, 0.15) is 16.6 Å². The highest BCUT2D eigenvalue weighted by Crippen LogP contribution is 2.39. The molecule has 0 N–H and O–H groups in total. The van der Waals surface area contributed by atoms with Gasteiger partial charge in [-0.3, -0.25) is 0 Å². The number of carbonyl (C=O) groups is 1. The second-order valence-electron chi connectivity index (χ2n) is 4.08. The molecular weight excluding hydrogens is 278 g/mol. The van der Waals surface area contributed by atoms with E-state index in [0.29, 0.717) is 4.88 Å². The number of fused-ring (bicyclic) bond motifs is 3. The zero-order chi connectivity index (χ0) is 13.4. The van der Waals surface area contributed by atoms with Gasteiger partial charge in [-0.1, -0.05) is 18.2 Å². The van der Waals surface area contributed by atoms with Gasteiger partial charge in [-0.25, -0.2) is 4.79 Å². The van der Waals surface area contributed by atoms with E-state index in [1.807, 2.05) is 24.3 Å². The molecule has 1 atom stereocenters. The molecule has 0 bridgehead atoms. The zero-order valence-electron chi connectivity index (χ0n) is 10.0. The lowest BCUT2D eigenvalue weighted by Crippen LogP contribution is -2.11. The first-order valence-electron chi connectivity index (χ1n) is 5.70. The summed E-state index contributed by atoms with van der Waals surface area (Å²) in [6.45, 7) is 1.56. The van der Waals surface area contributed by atoms with Gasteiger partial charge in [0.15, 0.2) is 6.10 Å². The Balaban J connectivity index is 2.03. The van der Waals surface area contributed by atoms with E-state index in [4.69, 9.17) is 10.00 Å². The molecule has 3 rings (SSSR count). The molecule has 0 amide bonds. The van der Waals surface area contributed by atoms with E-state index in [-0.39, 0.29) is 0 Å². The Morgan fingerprint density at radius 2 is 2.11 bits per heavy atom. The number of rotatable bonds is 2. The summed E-state index contributed by atoms with van der Waals surface area (Å²) in [6, 6.07) is 11.9. The van der Waals surface area contributed by atoms with Crippen molar-refractivity contribution in [2.75, 3.05) is 0 Å². The fourth-order valence-electron chi connectivity index (χ4n) is 1.85. The van der Waals surface area contributed by atoms with Gasteiger partial charge in [-0.2, -0.15) is 5.26 Å². The topological polar surface area (TPSA) is 50.1 Å². The first kappa shape index (κ1) is 12.2. The number of nitrogens with zero attached hydrogens (tertiary/aromatic N) is 1. The fourth-order valence-corrected chi connectivity index (χ4v) is 4.25. The Kier molecular flexibility index (Phi) is 2.97. The van der Waals surface area contributed by atoms with Crippen molar-refractivity contribution in [1.29, 1.82) is 5.26 Å². The zero-order valence-corrected chi connectivity index (χ0v) is 11.7. The van der Waals surface area contributed by atoms with E-state index in [9.17, 15) is 4.79 Å². The molecule has 3 aromatic rings. The number of esters is 1. The molecule has 0 unspecified atom stereocenters. The monoisotopic (exact) mass is 287 g/mol. The molecule has 0 saturated heterocycles. The number of nitriles is 1. The van der Waals surface area contributed by atoms with Gasteiger partial charge in [0, 0.05) is 14.8 Å². The number of thiophene rings is 2. The summed E-state index contributed by atoms with van der Waals surface area (Å²) < 4.78 is 8.42. The molecule has 94 valence electrons. The molecule has 0 aliphatic heterocycles. The lowest BCUT2D eigenvalue weighted by Gasteiger charge is -2.02. The van der Waals surface area contributed by atoms with Crippen molar-refractivity contribution in [2.24, 2.45) is 0 Å². The highest BCUT2D eigenvalue weighted by Gasteiger charge is 2.17.